The molecule has 3 rings (SSSR count). The lowest BCUT2D eigenvalue weighted by Gasteiger charge is -2.16. The molecule has 2 heterocycles. The molecule has 0 spiro atoms. The van der Waals surface area contributed by atoms with Crippen molar-refractivity contribution in [3.63, 3.8) is 0 Å². The topological polar surface area (TPSA) is 59.6 Å². The van der Waals surface area contributed by atoms with E-state index in [0.29, 0.717) is 13.0 Å². The zero-order valence-corrected chi connectivity index (χ0v) is 15.9. The van der Waals surface area contributed by atoms with Crippen LogP contribution in [-0.2, 0) is 11.3 Å². The Labute approximate surface area is 150 Å². The zero-order valence-electron chi connectivity index (χ0n) is 14.3. The molecule has 0 bridgehead atoms. The molecule has 2 aromatic rings. The van der Waals surface area contributed by atoms with Crippen LogP contribution in [0.4, 0.5) is 0 Å². The van der Waals surface area contributed by atoms with E-state index in [-0.39, 0.29) is 11.8 Å². The first-order chi connectivity index (χ1) is 11.3. The molecule has 1 aliphatic rings. The quantitative estimate of drug-likeness (QED) is 0.838. The van der Waals surface area contributed by atoms with Gasteiger partial charge in [-0.25, -0.2) is 0 Å². The van der Waals surface area contributed by atoms with Crippen LogP contribution in [0.15, 0.2) is 22.7 Å². The second kappa shape index (κ2) is 6.86. The predicted octanol–water partition coefficient (Wildman–Crippen LogP) is 2.51. The first kappa shape index (κ1) is 17.5. The minimum absolute atomic E-state index is 0.0140. The number of aromatic amines is 1. The van der Waals surface area contributed by atoms with E-state index < -0.39 is 6.10 Å². The molecule has 1 amide bonds. The highest BCUT2D eigenvalue weighted by atomic mass is 79.9. The van der Waals surface area contributed by atoms with Crippen molar-refractivity contribution in [1.29, 1.82) is 0 Å². The number of hydrogen-bond donors (Lipinski definition) is 2. The Morgan fingerprint density at radius 3 is 2.83 bits per heavy atom. The number of aliphatic hydroxyl groups excluding tert-OH is 1. The van der Waals surface area contributed by atoms with E-state index in [1.54, 1.807) is 19.0 Å². The summed E-state index contributed by atoms with van der Waals surface area (Å²) in [5, 5.41) is 11.5. The molecule has 2 atom stereocenters. The van der Waals surface area contributed by atoms with Crippen LogP contribution >= 0.6 is 15.9 Å². The summed E-state index contributed by atoms with van der Waals surface area (Å²) in [7, 11) is 3.51. The number of halogens is 1. The van der Waals surface area contributed by atoms with Crippen molar-refractivity contribution in [1.82, 2.24) is 14.8 Å². The fourth-order valence-corrected chi connectivity index (χ4v) is 4.01. The minimum Gasteiger partial charge on any atom is -0.391 e. The third kappa shape index (κ3) is 3.66. The molecule has 1 saturated heterocycles. The van der Waals surface area contributed by atoms with E-state index in [2.05, 4.69) is 50.9 Å². The molecular formula is C18H24BrN3O2. The normalized spacial score (nSPS) is 21.5. The molecule has 0 radical (unpaired) electrons. The summed E-state index contributed by atoms with van der Waals surface area (Å²) >= 11 is 3.53. The molecule has 0 unspecified atom stereocenters. The Hall–Kier alpha value is -1.37. The molecule has 1 aromatic carbocycles. The summed E-state index contributed by atoms with van der Waals surface area (Å²) in [5.41, 5.74) is 3.49. The van der Waals surface area contributed by atoms with Crippen molar-refractivity contribution in [3.8, 4) is 0 Å². The van der Waals surface area contributed by atoms with Crippen molar-refractivity contribution in [2.24, 2.45) is 5.92 Å². The molecular weight excluding hydrogens is 370 g/mol. The molecule has 6 heteroatoms. The monoisotopic (exact) mass is 393 g/mol. The highest BCUT2D eigenvalue weighted by Crippen LogP contribution is 2.27. The minimum atomic E-state index is -0.436. The fraction of sp³-hybridized carbons (Fsp3) is 0.500. The third-order valence-corrected chi connectivity index (χ3v) is 5.23. The highest BCUT2D eigenvalue weighted by Gasteiger charge is 2.33. The average molecular weight is 394 g/mol. The largest absolute Gasteiger partial charge is 0.391 e. The van der Waals surface area contributed by atoms with E-state index in [1.165, 1.54) is 10.9 Å². The lowest BCUT2D eigenvalue weighted by atomic mass is 10.0. The van der Waals surface area contributed by atoms with Gasteiger partial charge in [-0.05, 0) is 30.7 Å². The predicted molar refractivity (Wildman–Crippen MR) is 98.8 cm³/mol. The summed E-state index contributed by atoms with van der Waals surface area (Å²) in [6.45, 7) is 4.23. The van der Waals surface area contributed by atoms with Gasteiger partial charge in [-0.3, -0.25) is 9.69 Å². The van der Waals surface area contributed by atoms with Crippen molar-refractivity contribution in [3.05, 3.63) is 33.9 Å². The Morgan fingerprint density at radius 2 is 2.12 bits per heavy atom. The van der Waals surface area contributed by atoms with Crippen molar-refractivity contribution < 1.29 is 9.90 Å². The summed E-state index contributed by atoms with van der Waals surface area (Å²) in [6.07, 6.45) is -0.0298. The summed E-state index contributed by atoms with van der Waals surface area (Å²) in [5.74, 6) is 0.0899. The number of fused-ring (bicyclic) bond motifs is 1. The standard InChI is InChI=1S/C18H24BrN3O2/c1-11-4-13(19)6-16-15(11)7-14(20-16)9-22-8-12(17(23)10-22)5-18(24)21(2)3/h4,6-7,12,17,20,23H,5,8-10H2,1-3H3/t12-,17-/m1/s1. The number of aliphatic hydroxyl groups is 1. The van der Waals surface area contributed by atoms with E-state index in [9.17, 15) is 9.90 Å². The van der Waals surface area contributed by atoms with Crippen LogP contribution in [0.25, 0.3) is 10.9 Å². The third-order valence-electron chi connectivity index (χ3n) is 4.78. The van der Waals surface area contributed by atoms with E-state index in [1.807, 2.05) is 0 Å². The summed E-state index contributed by atoms with van der Waals surface area (Å²) in [4.78, 5) is 19.2. The van der Waals surface area contributed by atoms with Crippen LogP contribution in [0.2, 0.25) is 0 Å². The molecule has 0 aliphatic carbocycles. The number of benzene rings is 1. The van der Waals surface area contributed by atoms with Crippen LogP contribution in [0, 0.1) is 12.8 Å². The maximum absolute atomic E-state index is 11.9. The molecule has 1 fully saturated rings. The number of carbonyl (C=O) groups excluding carboxylic acids is 1. The Bertz CT molecular complexity index is 756. The van der Waals surface area contributed by atoms with Gasteiger partial charge >= 0.3 is 0 Å². The number of rotatable bonds is 4. The van der Waals surface area contributed by atoms with Crippen LogP contribution in [0.1, 0.15) is 17.7 Å². The van der Waals surface area contributed by atoms with Crippen molar-refractivity contribution in [2.45, 2.75) is 26.0 Å². The summed E-state index contributed by atoms with van der Waals surface area (Å²) < 4.78 is 1.07. The number of H-pyrrole nitrogens is 1. The van der Waals surface area contributed by atoms with Crippen LogP contribution < -0.4 is 0 Å². The maximum atomic E-state index is 11.9. The lowest BCUT2D eigenvalue weighted by molar-refractivity contribution is -0.130. The molecule has 2 N–H and O–H groups in total. The van der Waals surface area contributed by atoms with E-state index in [4.69, 9.17) is 0 Å². The number of carbonyl (C=O) groups is 1. The Morgan fingerprint density at radius 1 is 1.38 bits per heavy atom. The van der Waals surface area contributed by atoms with Gasteiger partial charge in [-0.15, -0.1) is 0 Å². The molecule has 5 nitrogen and oxygen atoms in total. The van der Waals surface area contributed by atoms with E-state index in [0.717, 1.165) is 28.8 Å². The van der Waals surface area contributed by atoms with Gasteiger partial charge in [0, 0.05) is 67.1 Å². The molecule has 130 valence electrons. The zero-order chi connectivity index (χ0) is 17.4. The number of β-amino-alcohol motifs (C(OH)–C–C–N with tert-alkyl or cyclic N) is 1. The first-order valence-electron chi connectivity index (χ1n) is 8.22. The smallest absolute Gasteiger partial charge is 0.222 e. The fourth-order valence-electron chi connectivity index (χ4n) is 3.44. The van der Waals surface area contributed by atoms with Gasteiger partial charge in [0.1, 0.15) is 0 Å². The van der Waals surface area contributed by atoms with E-state index >= 15 is 0 Å². The Balaban J connectivity index is 1.69. The van der Waals surface area contributed by atoms with Gasteiger partial charge in [0.05, 0.1) is 6.10 Å². The van der Waals surface area contributed by atoms with Crippen molar-refractivity contribution >= 4 is 32.7 Å². The number of aryl methyl sites for hydroxylation is 1. The van der Waals surface area contributed by atoms with Gasteiger partial charge in [0.2, 0.25) is 5.91 Å². The summed E-state index contributed by atoms with van der Waals surface area (Å²) in [6, 6.07) is 6.38. The second-order valence-electron chi connectivity index (χ2n) is 6.99. The molecule has 1 aliphatic heterocycles. The number of likely N-dealkylation sites (tertiary alicyclic amines) is 1. The molecule has 1 aromatic heterocycles. The first-order valence-corrected chi connectivity index (χ1v) is 9.01. The van der Waals surface area contributed by atoms with Crippen molar-refractivity contribution in [2.75, 3.05) is 27.2 Å². The van der Waals surface area contributed by atoms with Crippen LogP contribution in [0.3, 0.4) is 0 Å². The molecule has 0 saturated carbocycles. The SMILES string of the molecule is Cc1cc(Br)cc2[nH]c(CN3C[C@@H](CC(=O)N(C)C)[C@H](O)C3)cc12. The highest BCUT2D eigenvalue weighted by molar-refractivity contribution is 9.10. The van der Waals surface area contributed by atoms with Crippen LogP contribution in [-0.4, -0.2) is 59.1 Å². The molecule has 24 heavy (non-hydrogen) atoms. The number of aromatic nitrogens is 1. The maximum Gasteiger partial charge on any atom is 0.222 e. The van der Waals surface area contributed by atoms with Gasteiger partial charge in [-0.1, -0.05) is 15.9 Å². The van der Waals surface area contributed by atoms with Gasteiger partial charge in [0.25, 0.3) is 0 Å². The van der Waals surface area contributed by atoms with Crippen LogP contribution in [0.5, 0.6) is 0 Å². The number of nitrogens with zero attached hydrogens (tertiary/aromatic N) is 2. The van der Waals surface area contributed by atoms with Gasteiger partial charge in [-0.2, -0.15) is 0 Å². The lowest BCUT2D eigenvalue weighted by Crippen LogP contribution is -2.28. The average Bonchev–Trinajstić information content (AvgIpc) is 3.03. The number of nitrogens with one attached hydrogen (secondary N) is 1. The Kier molecular flexibility index (Phi) is 4.99. The second-order valence-corrected chi connectivity index (χ2v) is 7.91. The van der Waals surface area contributed by atoms with Gasteiger partial charge < -0.3 is 15.0 Å². The van der Waals surface area contributed by atoms with Gasteiger partial charge in [0.15, 0.2) is 0 Å². The number of hydrogen-bond acceptors (Lipinski definition) is 3. The number of amides is 1.